The van der Waals surface area contributed by atoms with Gasteiger partial charge >= 0.3 is 0 Å². The van der Waals surface area contributed by atoms with Crippen LogP contribution in [0.15, 0.2) is 30.3 Å². The van der Waals surface area contributed by atoms with E-state index < -0.39 is 0 Å². The van der Waals surface area contributed by atoms with E-state index in [1.165, 1.54) is 36.9 Å². The maximum Gasteiger partial charge on any atom is 0.161 e. The summed E-state index contributed by atoms with van der Waals surface area (Å²) in [4.78, 5) is 9.41. The van der Waals surface area contributed by atoms with Gasteiger partial charge in [-0.05, 0) is 43.2 Å². The number of hydrogen-bond donors (Lipinski definition) is 1. The van der Waals surface area contributed by atoms with Crippen molar-refractivity contribution in [3.63, 3.8) is 0 Å². The summed E-state index contributed by atoms with van der Waals surface area (Å²) in [7, 11) is 1.92. The molecular weight excluding hydrogens is 246 g/mol. The van der Waals surface area contributed by atoms with Gasteiger partial charge in [0.2, 0.25) is 0 Å². The summed E-state index contributed by atoms with van der Waals surface area (Å²) in [5.41, 5.74) is 3.78. The van der Waals surface area contributed by atoms with Crippen molar-refractivity contribution in [1.82, 2.24) is 9.97 Å². The Morgan fingerprint density at radius 1 is 1.00 bits per heavy atom. The minimum absolute atomic E-state index is 0.649. The van der Waals surface area contributed by atoms with E-state index >= 15 is 0 Å². The molecule has 0 unspecified atom stereocenters. The normalized spacial score (nSPS) is 18.1. The van der Waals surface area contributed by atoms with Crippen LogP contribution in [0.25, 0.3) is 11.4 Å². The van der Waals surface area contributed by atoms with Crippen LogP contribution >= 0.6 is 0 Å². The molecule has 4 rings (SSSR count). The Kier molecular flexibility index (Phi) is 2.72. The van der Waals surface area contributed by atoms with Crippen LogP contribution in [0.5, 0.6) is 0 Å². The molecule has 0 saturated heterocycles. The highest BCUT2D eigenvalue weighted by atomic mass is 15.0. The first kappa shape index (κ1) is 11.9. The number of nitrogens with one attached hydrogen (secondary N) is 1. The summed E-state index contributed by atoms with van der Waals surface area (Å²) in [6.07, 6.45) is 5.19. The predicted octanol–water partition coefficient (Wildman–Crippen LogP) is 3.94. The van der Waals surface area contributed by atoms with Crippen molar-refractivity contribution in [1.29, 1.82) is 0 Å². The van der Waals surface area contributed by atoms with Gasteiger partial charge in [-0.25, -0.2) is 9.97 Å². The first-order chi connectivity index (χ1) is 9.83. The van der Waals surface area contributed by atoms with E-state index in [4.69, 9.17) is 4.98 Å². The number of rotatable bonds is 4. The molecule has 1 heterocycles. The van der Waals surface area contributed by atoms with Gasteiger partial charge in [0.25, 0.3) is 0 Å². The monoisotopic (exact) mass is 265 g/mol. The lowest BCUT2D eigenvalue weighted by Gasteiger charge is -2.08. The van der Waals surface area contributed by atoms with Crippen molar-refractivity contribution in [3.05, 3.63) is 41.6 Å². The molecule has 0 atom stereocenters. The molecule has 20 heavy (non-hydrogen) atoms. The summed E-state index contributed by atoms with van der Waals surface area (Å²) in [6.45, 7) is 0. The highest BCUT2D eigenvalue weighted by Gasteiger charge is 2.27. The average molecular weight is 265 g/mol. The minimum Gasteiger partial charge on any atom is -0.373 e. The van der Waals surface area contributed by atoms with Crippen molar-refractivity contribution in [2.75, 3.05) is 12.4 Å². The molecule has 2 aliphatic carbocycles. The fourth-order valence-electron chi connectivity index (χ4n) is 2.66. The molecule has 0 spiro atoms. The van der Waals surface area contributed by atoms with Crippen LogP contribution in [-0.2, 0) is 0 Å². The zero-order valence-electron chi connectivity index (χ0n) is 11.8. The van der Waals surface area contributed by atoms with E-state index in [2.05, 4.69) is 40.6 Å². The van der Waals surface area contributed by atoms with Crippen LogP contribution in [0.3, 0.4) is 0 Å². The molecule has 2 fully saturated rings. The van der Waals surface area contributed by atoms with Crippen molar-refractivity contribution < 1.29 is 0 Å². The van der Waals surface area contributed by atoms with Gasteiger partial charge in [0, 0.05) is 30.3 Å². The van der Waals surface area contributed by atoms with Crippen molar-refractivity contribution in [3.8, 4) is 11.4 Å². The van der Waals surface area contributed by atoms with Crippen molar-refractivity contribution >= 4 is 5.82 Å². The molecule has 0 radical (unpaired) electrons. The summed E-state index contributed by atoms with van der Waals surface area (Å²) in [6, 6.07) is 10.8. The molecule has 102 valence electrons. The van der Waals surface area contributed by atoms with Crippen LogP contribution in [0.2, 0.25) is 0 Å². The second-order valence-corrected chi connectivity index (χ2v) is 5.93. The summed E-state index contributed by atoms with van der Waals surface area (Å²) >= 11 is 0. The Morgan fingerprint density at radius 3 is 2.50 bits per heavy atom. The standard InChI is InChI=1S/C17H19N3/c1-18-16-10-15(12-7-8-12)19-17(20-16)14-4-2-3-13(9-14)11-5-6-11/h2-4,9-12H,5-8H2,1H3,(H,18,19,20). The van der Waals surface area contributed by atoms with E-state index in [0.717, 1.165) is 23.1 Å². The second kappa shape index (κ2) is 4.58. The van der Waals surface area contributed by atoms with E-state index in [1.807, 2.05) is 7.05 Å². The molecular formula is C17H19N3. The lowest BCUT2D eigenvalue weighted by molar-refractivity contribution is 0.993. The maximum atomic E-state index is 4.78. The molecule has 2 saturated carbocycles. The number of hydrogen-bond acceptors (Lipinski definition) is 3. The number of benzene rings is 1. The highest BCUT2D eigenvalue weighted by Crippen LogP contribution is 2.42. The molecule has 0 aliphatic heterocycles. The Morgan fingerprint density at radius 2 is 1.80 bits per heavy atom. The van der Waals surface area contributed by atoms with Gasteiger partial charge in [-0.3, -0.25) is 0 Å². The molecule has 1 N–H and O–H groups in total. The van der Waals surface area contributed by atoms with E-state index in [9.17, 15) is 0 Å². The molecule has 0 bridgehead atoms. The van der Waals surface area contributed by atoms with E-state index in [-0.39, 0.29) is 0 Å². The first-order valence-corrected chi connectivity index (χ1v) is 7.50. The molecule has 1 aromatic heterocycles. The Bertz CT molecular complexity index is 642. The number of aromatic nitrogens is 2. The second-order valence-electron chi connectivity index (χ2n) is 5.93. The number of anilines is 1. The zero-order chi connectivity index (χ0) is 13.5. The first-order valence-electron chi connectivity index (χ1n) is 7.50. The maximum absolute atomic E-state index is 4.78. The Balaban J connectivity index is 1.76. The predicted molar refractivity (Wildman–Crippen MR) is 81.0 cm³/mol. The smallest absolute Gasteiger partial charge is 0.161 e. The average Bonchev–Trinajstić information content (AvgIpc) is 3.39. The quantitative estimate of drug-likeness (QED) is 0.910. The van der Waals surface area contributed by atoms with Crippen LogP contribution in [-0.4, -0.2) is 17.0 Å². The van der Waals surface area contributed by atoms with Gasteiger partial charge in [-0.2, -0.15) is 0 Å². The molecule has 3 nitrogen and oxygen atoms in total. The molecule has 3 heteroatoms. The van der Waals surface area contributed by atoms with Crippen LogP contribution in [0, 0.1) is 0 Å². The SMILES string of the molecule is CNc1cc(C2CC2)nc(-c2cccc(C3CC3)c2)n1. The Labute approximate surface area is 119 Å². The van der Waals surface area contributed by atoms with E-state index in [1.54, 1.807) is 0 Å². The molecule has 0 amide bonds. The lowest BCUT2D eigenvalue weighted by Crippen LogP contribution is -2.00. The van der Waals surface area contributed by atoms with Gasteiger partial charge < -0.3 is 5.32 Å². The molecule has 2 aromatic rings. The Hall–Kier alpha value is -1.90. The summed E-state index contributed by atoms with van der Waals surface area (Å²) < 4.78 is 0. The van der Waals surface area contributed by atoms with Gasteiger partial charge in [-0.1, -0.05) is 18.2 Å². The van der Waals surface area contributed by atoms with Gasteiger partial charge in [0.1, 0.15) is 5.82 Å². The fraction of sp³-hybridized carbons (Fsp3) is 0.412. The summed E-state index contributed by atoms with van der Waals surface area (Å²) in [5, 5.41) is 3.16. The third-order valence-electron chi connectivity index (χ3n) is 4.19. The summed E-state index contributed by atoms with van der Waals surface area (Å²) in [5.74, 6) is 3.20. The van der Waals surface area contributed by atoms with Gasteiger partial charge in [0.15, 0.2) is 5.82 Å². The number of nitrogens with zero attached hydrogens (tertiary/aromatic N) is 2. The minimum atomic E-state index is 0.649. The van der Waals surface area contributed by atoms with E-state index in [0.29, 0.717) is 5.92 Å². The lowest BCUT2D eigenvalue weighted by atomic mass is 10.1. The molecule has 1 aromatic carbocycles. The zero-order valence-corrected chi connectivity index (χ0v) is 11.8. The largest absolute Gasteiger partial charge is 0.373 e. The van der Waals surface area contributed by atoms with Crippen LogP contribution < -0.4 is 5.32 Å². The van der Waals surface area contributed by atoms with Crippen LogP contribution in [0.4, 0.5) is 5.82 Å². The van der Waals surface area contributed by atoms with Crippen molar-refractivity contribution in [2.45, 2.75) is 37.5 Å². The third-order valence-corrected chi connectivity index (χ3v) is 4.19. The topological polar surface area (TPSA) is 37.8 Å². The van der Waals surface area contributed by atoms with Gasteiger partial charge in [-0.15, -0.1) is 0 Å². The highest BCUT2D eigenvalue weighted by molar-refractivity contribution is 5.59. The molecule has 2 aliphatic rings. The third kappa shape index (κ3) is 2.28. The fourth-order valence-corrected chi connectivity index (χ4v) is 2.66. The van der Waals surface area contributed by atoms with Gasteiger partial charge in [0.05, 0.1) is 0 Å². The van der Waals surface area contributed by atoms with Crippen molar-refractivity contribution in [2.24, 2.45) is 0 Å². The van der Waals surface area contributed by atoms with Crippen LogP contribution in [0.1, 0.15) is 48.8 Å².